The summed E-state index contributed by atoms with van der Waals surface area (Å²) < 4.78 is 5.06. The molecule has 0 bridgehead atoms. The maximum absolute atomic E-state index is 11.7. The van der Waals surface area contributed by atoms with E-state index in [0.29, 0.717) is 22.0 Å². The van der Waals surface area contributed by atoms with Gasteiger partial charge in [0, 0.05) is 17.0 Å². The fourth-order valence-corrected chi connectivity index (χ4v) is 3.55. The number of hydrogen-bond donors (Lipinski definition) is 0. The lowest BCUT2D eigenvalue weighted by molar-refractivity contribution is -0.387. The molecule has 2 rings (SSSR count). The molecule has 0 radical (unpaired) electrons. The Labute approximate surface area is 171 Å². The molecule has 0 saturated heterocycles. The second-order valence-electron chi connectivity index (χ2n) is 5.97. The predicted octanol–water partition coefficient (Wildman–Crippen LogP) is 6.27. The molecule has 0 amide bonds. The second-order valence-corrected chi connectivity index (χ2v) is 7.80. The molecule has 2 aromatic rings. The van der Waals surface area contributed by atoms with E-state index in [4.69, 9.17) is 27.9 Å². The number of para-hydroxylation sites is 1. The normalized spacial score (nSPS) is 11.1. The molecule has 0 spiro atoms. The number of benzene rings is 2. The van der Waals surface area contributed by atoms with Crippen molar-refractivity contribution in [1.29, 1.82) is 0 Å². The molecule has 0 atom stereocenters. The van der Waals surface area contributed by atoms with Crippen LogP contribution in [0.2, 0.25) is 10.0 Å². The molecular weight excluding hydrogens is 409 g/mol. The van der Waals surface area contributed by atoms with Crippen LogP contribution in [0.25, 0.3) is 6.08 Å². The zero-order chi connectivity index (χ0) is 20.0. The summed E-state index contributed by atoms with van der Waals surface area (Å²) in [5.74, 6) is -0.215. The molecule has 0 N–H and O–H groups in total. The maximum atomic E-state index is 11.7. The van der Waals surface area contributed by atoms with Gasteiger partial charge in [-0.2, -0.15) is 0 Å². The molecule has 0 aliphatic rings. The Hall–Kier alpha value is -2.02. The summed E-state index contributed by atoms with van der Waals surface area (Å²) in [6.45, 7) is 4.23. The Kier molecular flexibility index (Phi) is 7.71. The van der Waals surface area contributed by atoms with Gasteiger partial charge in [-0.05, 0) is 29.7 Å². The zero-order valence-electron chi connectivity index (χ0n) is 14.6. The minimum Gasteiger partial charge on any atom is -0.462 e. The highest BCUT2D eigenvalue weighted by Gasteiger charge is 2.17. The third kappa shape index (κ3) is 5.99. The van der Waals surface area contributed by atoms with Gasteiger partial charge in [0.2, 0.25) is 0 Å². The van der Waals surface area contributed by atoms with Crippen molar-refractivity contribution in [2.24, 2.45) is 5.92 Å². The van der Waals surface area contributed by atoms with Gasteiger partial charge in [-0.1, -0.05) is 67.0 Å². The highest BCUT2D eigenvalue weighted by molar-refractivity contribution is 7.99. The number of nitro groups is 1. The molecule has 0 saturated carbocycles. The summed E-state index contributed by atoms with van der Waals surface area (Å²) in [5, 5.41) is 11.7. The van der Waals surface area contributed by atoms with E-state index < -0.39 is 10.9 Å². The van der Waals surface area contributed by atoms with E-state index in [1.807, 2.05) is 13.8 Å². The van der Waals surface area contributed by atoms with Crippen LogP contribution in [0.3, 0.4) is 0 Å². The smallest absolute Gasteiger partial charge is 0.330 e. The Morgan fingerprint density at radius 1 is 1.19 bits per heavy atom. The van der Waals surface area contributed by atoms with Gasteiger partial charge in [0.1, 0.15) is 0 Å². The van der Waals surface area contributed by atoms with Crippen LogP contribution in [0.1, 0.15) is 19.4 Å². The van der Waals surface area contributed by atoms with Crippen LogP contribution < -0.4 is 0 Å². The number of nitro benzene ring substituents is 1. The zero-order valence-corrected chi connectivity index (χ0v) is 17.0. The van der Waals surface area contributed by atoms with Crippen LogP contribution in [-0.4, -0.2) is 17.5 Å². The van der Waals surface area contributed by atoms with E-state index in [-0.39, 0.29) is 21.7 Å². The quantitative estimate of drug-likeness (QED) is 0.226. The molecule has 0 unspecified atom stereocenters. The Balaban J connectivity index is 2.20. The van der Waals surface area contributed by atoms with Gasteiger partial charge in [-0.3, -0.25) is 10.1 Å². The van der Waals surface area contributed by atoms with Crippen molar-refractivity contribution >= 4 is 52.7 Å². The van der Waals surface area contributed by atoms with E-state index in [1.54, 1.807) is 30.3 Å². The fourth-order valence-electron chi connectivity index (χ4n) is 2.02. The van der Waals surface area contributed by atoms with Crippen molar-refractivity contribution in [3.8, 4) is 0 Å². The molecule has 0 aliphatic carbocycles. The van der Waals surface area contributed by atoms with Gasteiger partial charge in [-0.25, -0.2) is 4.79 Å². The molecule has 2 aromatic carbocycles. The maximum Gasteiger partial charge on any atom is 0.330 e. The lowest BCUT2D eigenvalue weighted by Gasteiger charge is -2.09. The monoisotopic (exact) mass is 425 g/mol. The number of nitrogens with zero attached hydrogens (tertiary/aromatic N) is 1. The number of ether oxygens (including phenoxy) is 1. The summed E-state index contributed by atoms with van der Waals surface area (Å²) in [6.07, 6.45) is 2.81. The largest absolute Gasteiger partial charge is 0.462 e. The van der Waals surface area contributed by atoms with Gasteiger partial charge >= 0.3 is 5.97 Å². The third-order valence-electron chi connectivity index (χ3n) is 3.32. The fraction of sp³-hybridized carbons (Fsp3) is 0.211. The molecule has 0 heterocycles. The molecular formula is C19H17Cl2NO4S. The van der Waals surface area contributed by atoms with E-state index >= 15 is 0 Å². The molecule has 0 aliphatic heterocycles. The van der Waals surface area contributed by atoms with E-state index in [2.05, 4.69) is 0 Å². The van der Waals surface area contributed by atoms with Crippen molar-refractivity contribution in [2.75, 3.05) is 6.61 Å². The first-order valence-corrected chi connectivity index (χ1v) is 9.61. The van der Waals surface area contributed by atoms with Crippen molar-refractivity contribution in [1.82, 2.24) is 0 Å². The number of hydrogen-bond acceptors (Lipinski definition) is 5. The van der Waals surface area contributed by atoms with Crippen LogP contribution in [-0.2, 0) is 9.53 Å². The van der Waals surface area contributed by atoms with E-state index in [1.165, 1.54) is 18.2 Å². The Morgan fingerprint density at radius 2 is 1.89 bits per heavy atom. The molecule has 0 aromatic heterocycles. The summed E-state index contributed by atoms with van der Waals surface area (Å²) in [5.41, 5.74) is 0.543. The number of carbonyl (C=O) groups excluding carboxylic acids is 1. The molecule has 142 valence electrons. The lowest BCUT2D eigenvalue weighted by atomic mass is 10.2. The molecule has 0 fully saturated rings. The van der Waals surface area contributed by atoms with E-state index in [0.717, 1.165) is 11.8 Å². The number of esters is 1. The van der Waals surface area contributed by atoms with Gasteiger partial charge in [0.15, 0.2) is 0 Å². The first-order valence-electron chi connectivity index (χ1n) is 8.03. The topological polar surface area (TPSA) is 69.4 Å². The number of carbonyl (C=O) groups is 1. The SMILES string of the molecule is CC(C)COC(=O)/C=C/c1ccc(Sc2ccccc2[N+](=O)[O-])c(Cl)c1Cl. The van der Waals surface area contributed by atoms with Crippen LogP contribution in [0.5, 0.6) is 0 Å². The summed E-state index contributed by atoms with van der Waals surface area (Å²) in [4.78, 5) is 23.4. The van der Waals surface area contributed by atoms with Gasteiger partial charge in [0.25, 0.3) is 5.69 Å². The number of halogens is 2. The predicted molar refractivity (Wildman–Crippen MR) is 109 cm³/mol. The average molecular weight is 426 g/mol. The summed E-state index contributed by atoms with van der Waals surface area (Å²) in [6, 6.07) is 9.78. The third-order valence-corrected chi connectivity index (χ3v) is 5.45. The van der Waals surface area contributed by atoms with Crippen molar-refractivity contribution < 1.29 is 14.5 Å². The average Bonchev–Trinajstić information content (AvgIpc) is 2.63. The minimum atomic E-state index is -0.464. The van der Waals surface area contributed by atoms with Crippen LogP contribution in [0.4, 0.5) is 5.69 Å². The van der Waals surface area contributed by atoms with E-state index in [9.17, 15) is 14.9 Å². The van der Waals surface area contributed by atoms with Crippen LogP contribution >= 0.6 is 35.0 Å². The Bertz CT molecular complexity index is 884. The standard InChI is InChI=1S/C19H17Cl2NO4S/c1-12(2)11-26-17(23)10-8-13-7-9-16(19(21)18(13)20)27-15-6-4-3-5-14(15)22(24)25/h3-10,12H,11H2,1-2H3/b10-8+. The van der Waals surface area contributed by atoms with Crippen molar-refractivity contribution in [2.45, 2.75) is 23.6 Å². The van der Waals surface area contributed by atoms with Gasteiger partial charge < -0.3 is 4.74 Å². The Morgan fingerprint density at radius 3 is 2.56 bits per heavy atom. The second kappa shape index (κ2) is 9.78. The molecule has 27 heavy (non-hydrogen) atoms. The number of rotatable bonds is 7. The first kappa shape index (κ1) is 21.3. The molecule has 8 heteroatoms. The lowest BCUT2D eigenvalue weighted by Crippen LogP contribution is -2.06. The van der Waals surface area contributed by atoms with Gasteiger partial charge in [-0.15, -0.1) is 0 Å². The van der Waals surface area contributed by atoms with Crippen molar-refractivity contribution in [3.05, 3.63) is 68.2 Å². The van der Waals surface area contributed by atoms with Crippen LogP contribution in [0.15, 0.2) is 52.3 Å². The minimum absolute atomic E-state index is 0.00782. The van der Waals surface area contributed by atoms with Gasteiger partial charge in [0.05, 0.1) is 26.5 Å². The summed E-state index contributed by atoms with van der Waals surface area (Å²) in [7, 11) is 0. The first-order chi connectivity index (χ1) is 12.8. The highest BCUT2D eigenvalue weighted by atomic mass is 35.5. The highest BCUT2D eigenvalue weighted by Crippen LogP contribution is 2.41. The molecule has 5 nitrogen and oxygen atoms in total. The van der Waals surface area contributed by atoms with Crippen LogP contribution in [0, 0.1) is 16.0 Å². The van der Waals surface area contributed by atoms with Crippen molar-refractivity contribution in [3.63, 3.8) is 0 Å². The summed E-state index contributed by atoms with van der Waals surface area (Å²) >= 11 is 13.8.